The molecule has 1 amide bonds. The maximum atomic E-state index is 12.7. The number of allylic oxidation sites excluding steroid dienone is 1. The molecular formula is C21H25F3N2O5. The van der Waals surface area contributed by atoms with E-state index >= 15 is 0 Å². The largest absolute Gasteiger partial charge is 0.490 e. The minimum Gasteiger partial charge on any atom is -0.486 e. The van der Waals surface area contributed by atoms with Crippen LogP contribution in [0, 0.1) is 0 Å². The molecule has 0 radical (unpaired) electrons. The van der Waals surface area contributed by atoms with E-state index in [1.54, 1.807) is 12.4 Å². The van der Waals surface area contributed by atoms with E-state index in [4.69, 9.17) is 19.4 Å². The summed E-state index contributed by atoms with van der Waals surface area (Å²) in [4.78, 5) is 27.6. The maximum Gasteiger partial charge on any atom is 0.490 e. The van der Waals surface area contributed by atoms with E-state index in [9.17, 15) is 18.0 Å². The van der Waals surface area contributed by atoms with Crippen molar-refractivity contribution in [1.29, 1.82) is 0 Å². The zero-order valence-electron chi connectivity index (χ0n) is 16.9. The van der Waals surface area contributed by atoms with Gasteiger partial charge in [-0.15, -0.1) is 0 Å². The van der Waals surface area contributed by atoms with Crippen LogP contribution in [0.5, 0.6) is 5.75 Å². The van der Waals surface area contributed by atoms with Gasteiger partial charge in [0.2, 0.25) is 5.91 Å². The summed E-state index contributed by atoms with van der Waals surface area (Å²) in [5, 5.41) is 7.12. The lowest BCUT2D eigenvalue weighted by atomic mass is 9.89. The third kappa shape index (κ3) is 6.19. The van der Waals surface area contributed by atoms with Gasteiger partial charge in [-0.05, 0) is 44.2 Å². The Balaban J connectivity index is 0.000000339. The van der Waals surface area contributed by atoms with Crippen LogP contribution in [0.15, 0.2) is 36.2 Å². The van der Waals surface area contributed by atoms with Crippen LogP contribution in [0.25, 0.3) is 0 Å². The van der Waals surface area contributed by atoms with Gasteiger partial charge < -0.3 is 19.5 Å². The summed E-state index contributed by atoms with van der Waals surface area (Å²) >= 11 is 0. The predicted octanol–water partition coefficient (Wildman–Crippen LogP) is 3.35. The van der Waals surface area contributed by atoms with Crippen molar-refractivity contribution in [3.05, 3.63) is 36.2 Å². The highest BCUT2D eigenvalue weighted by Crippen LogP contribution is 2.37. The molecule has 1 N–H and O–H groups in total. The quantitative estimate of drug-likeness (QED) is 0.772. The first-order valence-corrected chi connectivity index (χ1v) is 10.2. The molecule has 7 nitrogen and oxygen atoms in total. The second kappa shape index (κ2) is 9.67. The maximum absolute atomic E-state index is 12.7. The number of carbonyl (C=O) groups is 2. The molecule has 1 aromatic rings. The molecule has 1 spiro atoms. The van der Waals surface area contributed by atoms with Crippen molar-refractivity contribution in [2.45, 2.75) is 56.4 Å². The van der Waals surface area contributed by atoms with E-state index in [1.807, 2.05) is 17.0 Å². The van der Waals surface area contributed by atoms with Crippen molar-refractivity contribution in [3.63, 3.8) is 0 Å². The fourth-order valence-corrected chi connectivity index (χ4v) is 4.11. The lowest BCUT2D eigenvalue weighted by Crippen LogP contribution is -2.50. The van der Waals surface area contributed by atoms with Gasteiger partial charge in [-0.2, -0.15) is 13.2 Å². The second-order valence-corrected chi connectivity index (χ2v) is 7.88. The normalized spacial score (nSPS) is 25.6. The molecule has 170 valence electrons. The average molecular weight is 442 g/mol. The van der Waals surface area contributed by atoms with Crippen LogP contribution >= 0.6 is 0 Å². The average Bonchev–Trinajstić information content (AvgIpc) is 3.39. The van der Waals surface area contributed by atoms with E-state index in [2.05, 4.69) is 11.1 Å². The standard InChI is InChI=1S/C19H24N2O3.C2HF3O2/c22-18(15-5-1-2-6-15)21-10-4-8-19(14-21)11-17(13-23-19)24-16-7-3-9-20-12-16;3-2(4,5)1(6)7/h3,5,7,9,12,17H,1-2,4,6,8,10-11,13-14H2;(H,6,7)/t17-,19-;/m0./s1. The van der Waals surface area contributed by atoms with Crippen LogP contribution in [0.3, 0.4) is 0 Å². The van der Waals surface area contributed by atoms with E-state index in [0.29, 0.717) is 13.2 Å². The number of halogens is 3. The molecular weight excluding hydrogens is 417 g/mol. The Morgan fingerprint density at radius 1 is 1.32 bits per heavy atom. The minimum absolute atomic E-state index is 0.0370. The van der Waals surface area contributed by atoms with Crippen LogP contribution < -0.4 is 4.74 Å². The Morgan fingerprint density at radius 3 is 2.71 bits per heavy atom. The molecule has 1 aromatic heterocycles. The number of pyridine rings is 1. The highest BCUT2D eigenvalue weighted by molar-refractivity contribution is 5.93. The zero-order valence-corrected chi connectivity index (χ0v) is 16.9. The van der Waals surface area contributed by atoms with Gasteiger partial charge in [0.1, 0.15) is 11.9 Å². The molecule has 3 heterocycles. The van der Waals surface area contributed by atoms with Crippen molar-refractivity contribution in [1.82, 2.24) is 9.88 Å². The Bertz CT molecular complexity index is 815. The van der Waals surface area contributed by atoms with Crippen LogP contribution in [0.4, 0.5) is 13.2 Å². The van der Waals surface area contributed by atoms with Gasteiger partial charge in [0.05, 0.1) is 24.9 Å². The Morgan fingerprint density at radius 2 is 2.10 bits per heavy atom. The number of hydrogen-bond donors (Lipinski definition) is 1. The van der Waals surface area contributed by atoms with E-state index in [1.165, 1.54) is 0 Å². The Hall–Kier alpha value is -2.62. The highest BCUT2D eigenvalue weighted by Gasteiger charge is 2.45. The first-order chi connectivity index (χ1) is 14.7. The minimum atomic E-state index is -5.08. The van der Waals surface area contributed by atoms with Crippen molar-refractivity contribution < 1.29 is 37.3 Å². The van der Waals surface area contributed by atoms with Gasteiger partial charge in [-0.3, -0.25) is 9.78 Å². The third-order valence-corrected chi connectivity index (χ3v) is 5.50. The molecule has 10 heteroatoms. The summed E-state index contributed by atoms with van der Waals surface area (Å²) in [6.45, 7) is 2.12. The molecule has 3 aliphatic rings. The SMILES string of the molecule is O=C(C1=CCCC1)N1CCC[C@]2(C[C@H](Oc3cccnc3)CO2)C1.O=C(O)C(F)(F)F. The number of nitrogens with zero attached hydrogens (tertiary/aromatic N) is 2. The predicted molar refractivity (Wildman–Crippen MR) is 103 cm³/mol. The van der Waals surface area contributed by atoms with Gasteiger partial charge in [0.25, 0.3) is 0 Å². The zero-order chi connectivity index (χ0) is 22.5. The molecule has 4 rings (SSSR count). The van der Waals surface area contributed by atoms with E-state index < -0.39 is 12.1 Å². The van der Waals surface area contributed by atoms with Gasteiger partial charge in [0.15, 0.2) is 0 Å². The van der Waals surface area contributed by atoms with E-state index in [-0.39, 0.29) is 17.6 Å². The summed E-state index contributed by atoms with van der Waals surface area (Å²) in [5.41, 5.74) is 0.758. The molecule has 1 aliphatic carbocycles. The van der Waals surface area contributed by atoms with Crippen molar-refractivity contribution in [2.24, 2.45) is 0 Å². The van der Waals surface area contributed by atoms with Crippen LogP contribution in [-0.4, -0.2) is 64.4 Å². The molecule has 2 atom stereocenters. The molecule has 2 aliphatic heterocycles. The molecule has 0 unspecified atom stereocenters. The number of aliphatic carboxylic acids is 1. The highest BCUT2D eigenvalue weighted by atomic mass is 19.4. The fraction of sp³-hybridized carbons (Fsp3) is 0.571. The summed E-state index contributed by atoms with van der Waals surface area (Å²) in [6, 6.07) is 3.79. The number of piperidine rings is 1. The third-order valence-electron chi connectivity index (χ3n) is 5.50. The summed E-state index contributed by atoms with van der Waals surface area (Å²) in [7, 11) is 0. The number of rotatable bonds is 3. The van der Waals surface area contributed by atoms with Gasteiger partial charge in [0, 0.05) is 24.7 Å². The Kier molecular flexibility index (Phi) is 7.19. The van der Waals surface area contributed by atoms with Crippen molar-refractivity contribution in [3.8, 4) is 5.75 Å². The number of carbonyl (C=O) groups excluding carboxylic acids is 1. The summed E-state index contributed by atoms with van der Waals surface area (Å²) in [6.07, 6.45) is 6.44. The number of amides is 1. The van der Waals surface area contributed by atoms with Crippen LogP contribution in [-0.2, 0) is 14.3 Å². The fourth-order valence-electron chi connectivity index (χ4n) is 4.11. The monoisotopic (exact) mass is 442 g/mol. The van der Waals surface area contributed by atoms with E-state index in [0.717, 1.165) is 56.4 Å². The van der Waals surface area contributed by atoms with Crippen molar-refractivity contribution in [2.75, 3.05) is 19.7 Å². The number of carboxylic acid groups (broad SMARTS) is 1. The van der Waals surface area contributed by atoms with Crippen LogP contribution in [0.1, 0.15) is 38.5 Å². The molecule has 31 heavy (non-hydrogen) atoms. The number of carboxylic acids is 1. The second-order valence-electron chi connectivity index (χ2n) is 7.88. The molecule has 0 bridgehead atoms. The number of ether oxygens (including phenoxy) is 2. The van der Waals surface area contributed by atoms with Gasteiger partial charge in [-0.25, -0.2) is 4.79 Å². The first-order valence-electron chi connectivity index (χ1n) is 10.2. The van der Waals surface area contributed by atoms with Gasteiger partial charge in [-0.1, -0.05) is 6.08 Å². The first kappa shape index (κ1) is 23.1. The molecule has 0 aromatic carbocycles. The Labute approximate surface area is 177 Å². The number of alkyl halides is 3. The molecule has 2 fully saturated rings. The molecule has 2 saturated heterocycles. The van der Waals surface area contributed by atoms with Gasteiger partial charge >= 0.3 is 12.1 Å². The summed E-state index contributed by atoms with van der Waals surface area (Å²) < 4.78 is 43.9. The van der Waals surface area contributed by atoms with Crippen LogP contribution in [0.2, 0.25) is 0 Å². The smallest absolute Gasteiger partial charge is 0.486 e. The lowest BCUT2D eigenvalue weighted by Gasteiger charge is -2.39. The lowest BCUT2D eigenvalue weighted by molar-refractivity contribution is -0.192. The summed E-state index contributed by atoms with van der Waals surface area (Å²) in [5.74, 6) is -1.76. The molecule has 0 saturated carbocycles. The number of likely N-dealkylation sites (tertiary alicyclic amines) is 1. The topological polar surface area (TPSA) is 89.0 Å². The number of hydrogen-bond acceptors (Lipinski definition) is 5. The number of aromatic nitrogens is 1. The van der Waals surface area contributed by atoms with Crippen molar-refractivity contribution >= 4 is 11.9 Å².